The van der Waals surface area contributed by atoms with E-state index in [4.69, 9.17) is 14.0 Å². The molecule has 0 atom stereocenters. The monoisotopic (exact) mass is 352 g/mol. The molecular weight excluding hydrogens is 326 g/mol. The first-order valence-electron chi connectivity index (χ1n) is 8.22. The van der Waals surface area contributed by atoms with E-state index in [1.54, 1.807) is 20.8 Å². The number of carbonyl (C=O) groups is 1. The Labute approximate surface area is 148 Å². The molecule has 0 saturated carbocycles. The lowest BCUT2D eigenvalue weighted by molar-refractivity contribution is 0.00578. The lowest BCUT2D eigenvalue weighted by Gasteiger charge is -2.32. The van der Waals surface area contributed by atoms with Gasteiger partial charge in [-0.3, -0.25) is 4.90 Å². The summed E-state index contributed by atoms with van der Waals surface area (Å²) < 4.78 is 31.4. The Morgan fingerprint density at radius 1 is 1.20 bits per heavy atom. The molecule has 0 unspecified atom stereocenters. The largest absolute Gasteiger partial charge is 0.499 e. The summed E-state index contributed by atoms with van der Waals surface area (Å²) in [5, 5.41) is 0. The minimum atomic E-state index is -0.849. The van der Waals surface area contributed by atoms with Crippen LogP contribution < -0.4 is 10.4 Å². The van der Waals surface area contributed by atoms with Gasteiger partial charge >= 0.3 is 13.2 Å². The molecule has 0 radical (unpaired) electrons. The Hall–Kier alpha value is -1.67. The number of nitrogens with zero attached hydrogens (tertiary/aromatic N) is 2. The second-order valence-electron chi connectivity index (χ2n) is 8.18. The van der Waals surface area contributed by atoms with Crippen LogP contribution in [0.1, 0.15) is 48.5 Å². The van der Waals surface area contributed by atoms with E-state index in [1.165, 1.54) is 19.2 Å². The molecule has 0 spiro atoms. The zero-order valence-electron chi connectivity index (χ0n) is 16.1. The van der Waals surface area contributed by atoms with Crippen LogP contribution in [0.2, 0.25) is 0 Å². The molecule has 2 heterocycles. The summed E-state index contributed by atoms with van der Waals surface area (Å²) in [4.78, 5) is 17.1. The molecule has 2 rings (SSSR count). The van der Waals surface area contributed by atoms with E-state index in [2.05, 4.69) is 4.98 Å². The first kappa shape index (κ1) is 19.7. The molecule has 1 aromatic rings. The molecule has 1 aromatic heterocycles. The number of hydrogen-bond donors (Lipinski definition) is 0. The maximum atomic E-state index is 14.5. The molecule has 0 aliphatic carbocycles. The van der Waals surface area contributed by atoms with Crippen LogP contribution in [0, 0.1) is 5.95 Å². The Morgan fingerprint density at radius 3 is 2.16 bits per heavy atom. The van der Waals surface area contributed by atoms with Gasteiger partial charge in [-0.1, -0.05) is 6.07 Å². The minimum Gasteiger partial charge on any atom is -0.443 e. The van der Waals surface area contributed by atoms with Gasteiger partial charge in [0.15, 0.2) is 0 Å². The molecule has 1 fully saturated rings. The van der Waals surface area contributed by atoms with Crippen molar-refractivity contribution >= 4 is 24.5 Å². The standard InChI is InChI=1S/C17H26BFN2O4/c1-15(2,3)23-14(22)21(8)12-10-9-11(13(19)20-12)18-24-16(4,5)17(6,7)25-18/h9-10H,1-8H3. The first-order chi connectivity index (χ1) is 11.2. The molecule has 0 bridgehead atoms. The third-order valence-corrected chi connectivity index (χ3v) is 4.38. The molecular formula is C17H26BFN2O4. The molecule has 8 heteroatoms. The third kappa shape index (κ3) is 4.12. The van der Waals surface area contributed by atoms with Crippen molar-refractivity contribution in [1.82, 2.24) is 4.98 Å². The van der Waals surface area contributed by atoms with E-state index >= 15 is 0 Å². The van der Waals surface area contributed by atoms with Crippen LogP contribution in [0.5, 0.6) is 0 Å². The van der Waals surface area contributed by atoms with Crippen LogP contribution in [0.4, 0.5) is 15.0 Å². The summed E-state index contributed by atoms with van der Waals surface area (Å²) in [5.74, 6) is -0.599. The lowest BCUT2D eigenvalue weighted by Crippen LogP contribution is -2.41. The Balaban J connectivity index is 2.21. The van der Waals surface area contributed by atoms with Crippen molar-refractivity contribution in [2.75, 3.05) is 11.9 Å². The highest BCUT2D eigenvalue weighted by Crippen LogP contribution is 2.36. The molecule has 0 aromatic carbocycles. The molecule has 138 valence electrons. The van der Waals surface area contributed by atoms with Crippen molar-refractivity contribution in [2.45, 2.75) is 65.3 Å². The fourth-order valence-corrected chi connectivity index (χ4v) is 2.19. The summed E-state index contributed by atoms with van der Waals surface area (Å²) in [6, 6.07) is 3.05. The zero-order valence-corrected chi connectivity index (χ0v) is 16.1. The van der Waals surface area contributed by atoms with Crippen LogP contribution in [-0.4, -0.2) is 42.0 Å². The fraction of sp³-hybridized carbons (Fsp3) is 0.647. The number of anilines is 1. The van der Waals surface area contributed by atoms with Crippen LogP contribution in [0.25, 0.3) is 0 Å². The van der Waals surface area contributed by atoms with E-state index in [1.807, 2.05) is 27.7 Å². The Morgan fingerprint density at radius 2 is 1.72 bits per heavy atom. The van der Waals surface area contributed by atoms with Crippen molar-refractivity contribution in [1.29, 1.82) is 0 Å². The van der Waals surface area contributed by atoms with E-state index in [-0.39, 0.29) is 11.3 Å². The summed E-state index contributed by atoms with van der Waals surface area (Å²) in [6.45, 7) is 12.8. The summed E-state index contributed by atoms with van der Waals surface area (Å²) >= 11 is 0. The van der Waals surface area contributed by atoms with Gasteiger partial charge in [-0.15, -0.1) is 0 Å². The number of hydrogen-bond acceptors (Lipinski definition) is 5. The average Bonchev–Trinajstić information content (AvgIpc) is 2.64. The van der Waals surface area contributed by atoms with Gasteiger partial charge < -0.3 is 14.0 Å². The Kier molecular flexibility index (Phi) is 4.91. The molecule has 6 nitrogen and oxygen atoms in total. The highest BCUT2D eigenvalue weighted by Gasteiger charge is 2.52. The van der Waals surface area contributed by atoms with Gasteiger partial charge in [-0.2, -0.15) is 4.39 Å². The smallest absolute Gasteiger partial charge is 0.443 e. The number of amides is 1. The topological polar surface area (TPSA) is 60.9 Å². The number of pyridine rings is 1. The molecule has 1 saturated heterocycles. The summed E-state index contributed by atoms with van der Waals surface area (Å²) in [7, 11) is 0.628. The number of carbonyl (C=O) groups excluding carboxylic acids is 1. The predicted octanol–water partition coefficient (Wildman–Crippen LogP) is 2.89. The van der Waals surface area contributed by atoms with Gasteiger partial charge in [-0.05, 0) is 54.5 Å². The van der Waals surface area contributed by atoms with Crippen molar-refractivity contribution in [3.05, 3.63) is 18.1 Å². The first-order valence-corrected chi connectivity index (χ1v) is 8.22. The summed E-state index contributed by atoms with van der Waals surface area (Å²) in [5.41, 5.74) is -1.60. The van der Waals surface area contributed by atoms with Crippen molar-refractivity contribution in [3.63, 3.8) is 0 Å². The van der Waals surface area contributed by atoms with Gasteiger partial charge in [-0.25, -0.2) is 9.78 Å². The fourth-order valence-electron chi connectivity index (χ4n) is 2.19. The SMILES string of the molecule is CN(C(=O)OC(C)(C)C)c1ccc(B2OC(C)(C)C(C)(C)O2)c(F)n1. The second kappa shape index (κ2) is 6.25. The highest BCUT2D eigenvalue weighted by molar-refractivity contribution is 6.62. The van der Waals surface area contributed by atoms with E-state index in [9.17, 15) is 9.18 Å². The van der Waals surface area contributed by atoms with Crippen LogP contribution in [0.15, 0.2) is 12.1 Å². The number of ether oxygens (including phenoxy) is 1. The molecule has 1 aliphatic rings. The average molecular weight is 352 g/mol. The normalized spacial score (nSPS) is 19.0. The quantitative estimate of drug-likeness (QED) is 0.605. The van der Waals surface area contributed by atoms with Gasteiger partial charge in [0.1, 0.15) is 11.4 Å². The molecule has 1 aliphatic heterocycles. The molecule has 1 amide bonds. The maximum absolute atomic E-state index is 14.5. The van der Waals surface area contributed by atoms with Crippen molar-refractivity contribution < 1.29 is 23.2 Å². The zero-order chi connectivity index (χ0) is 19.2. The van der Waals surface area contributed by atoms with E-state index in [0.717, 1.165) is 4.90 Å². The highest BCUT2D eigenvalue weighted by atomic mass is 19.1. The third-order valence-electron chi connectivity index (χ3n) is 4.38. The Bertz CT molecular complexity index is 657. The number of rotatable bonds is 2. The number of halogens is 1. The van der Waals surface area contributed by atoms with E-state index < -0.39 is 36.0 Å². The van der Waals surface area contributed by atoms with Gasteiger partial charge in [0.05, 0.1) is 11.2 Å². The maximum Gasteiger partial charge on any atom is 0.499 e. The van der Waals surface area contributed by atoms with Crippen LogP contribution in [-0.2, 0) is 14.0 Å². The van der Waals surface area contributed by atoms with Crippen LogP contribution >= 0.6 is 0 Å². The van der Waals surface area contributed by atoms with Crippen LogP contribution in [0.3, 0.4) is 0 Å². The molecule has 0 N–H and O–H groups in total. The molecule has 25 heavy (non-hydrogen) atoms. The minimum absolute atomic E-state index is 0.145. The number of aromatic nitrogens is 1. The van der Waals surface area contributed by atoms with Crippen molar-refractivity contribution in [3.8, 4) is 0 Å². The second-order valence-corrected chi connectivity index (χ2v) is 8.18. The van der Waals surface area contributed by atoms with Gasteiger partial charge in [0.2, 0.25) is 5.95 Å². The van der Waals surface area contributed by atoms with Gasteiger partial charge in [0.25, 0.3) is 0 Å². The van der Waals surface area contributed by atoms with Gasteiger partial charge in [0, 0.05) is 12.5 Å². The predicted molar refractivity (Wildman–Crippen MR) is 94.5 cm³/mol. The van der Waals surface area contributed by atoms with E-state index in [0.29, 0.717) is 0 Å². The summed E-state index contributed by atoms with van der Waals surface area (Å²) in [6.07, 6.45) is -0.609. The van der Waals surface area contributed by atoms with Crippen molar-refractivity contribution in [2.24, 2.45) is 0 Å². The lowest BCUT2D eigenvalue weighted by atomic mass is 9.80.